The van der Waals surface area contributed by atoms with E-state index in [1.807, 2.05) is 37.3 Å². The number of amides is 2. The summed E-state index contributed by atoms with van der Waals surface area (Å²) >= 11 is 16.6. The van der Waals surface area contributed by atoms with Crippen molar-refractivity contribution in [1.29, 1.82) is 0 Å². The maximum atomic E-state index is 13.0. The molecule has 3 aromatic carbocycles. The minimum Gasteiger partial charge on any atom is -0.493 e. The number of rotatable bonds is 7. The van der Waals surface area contributed by atoms with Gasteiger partial charge in [-0.2, -0.15) is 0 Å². The molecule has 1 heterocycles. The van der Waals surface area contributed by atoms with Crippen molar-refractivity contribution in [2.24, 2.45) is 0 Å². The summed E-state index contributed by atoms with van der Waals surface area (Å²) in [5.74, 6) is 0.672. The predicted molar refractivity (Wildman–Crippen MR) is 144 cm³/mol. The SMILES string of the molecule is COc1cc(/C=C2\SC(=O)N(Cc3ccc(Cl)cc3Cl)C2=O)cc(Br)c1OCc1ccccc1C. The second-order valence-electron chi connectivity index (χ2n) is 7.75. The first-order valence-corrected chi connectivity index (χ1v) is 12.9. The monoisotopic (exact) mass is 591 g/mol. The molecule has 0 aromatic heterocycles. The lowest BCUT2D eigenvalue weighted by atomic mass is 10.1. The van der Waals surface area contributed by atoms with Crippen LogP contribution in [0.25, 0.3) is 6.08 Å². The van der Waals surface area contributed by atoms with Crippen LogP contribution >= 0.6 is 50.9 Å². The van der Waals surface area contributed by atoms with Gasteiger partial charge in [-0.1, -0.05) is 53.5 Å². The van der Waals surface area contributed by atoms with E-state index in [4.69, 9.17) is 32.7 Å². The molecular formula is C26H20BrCl2NO4S. The van der Waals surface area contributed by atoms with E-state index in [1.54, 1.807) is 37.5 Å². The van der Waals surface area contributed by atoms with Gasteiger partial charge in [0.1, 0.15) is 6.61 Å². The third-order valence-corrected chi connectivity index (χ3v) is 7.48. The lowest BCUT2D eigenvalue weighted by Gasteiger charge is -2.15. The number of halogens is 3. The molecule has 0 spiro atoms. The van der Waals surface area contributed by atoms with Gasteiger partial charge in [0, 0.05) is 10.0 Å². The van der Waals surface area contributed by atoms with Gasteiger partial charge in [-0.15, -0.1) is 0 Å². The molecule has 0 aliphatic carbocycles. The quantitative estimate of drug-likeness (QED) is 0.261. The highest BCUT2D eigenvalue weighted by atomic mass is 79.9. The summed E-state index contributed by atoms with van der Waals surface area (Å²) in [4.78, 5) is 27.0. The molecule has 4 rings (SSSR count). The lowest BCUT2D eigenvalue weighted by molar-refractivity contribution is -0.123. The zero-order valence-corrected chi connectivity index (χ0v) is 22.7. The number of thioether (sulfide) groups is 1. The molecule has 35 heavy (non-hydrogen) atoms. The van der Waals surface area contributed by atoms with Crippen LogP contribution in [-0.4, -0.2) is 23.2 Å². The molecule has 0 unspecified atom stereocenters. The lowest BCUT2D eigenvalue weighted by Crippen LogP contribution is -2.27. The van der Waals surface area contributed by atoms with Gasteiger partial charge in [-0.3, -0.25) is 14.5 Å². The topological polar surface area (TPSA) is 55.8 Å². The van der Waals surface area contributed by atoms with Crippen LogP contribution in [0.3, 0.4) is 0 Å². The van der Waals surface area contributed by atoms with E-state index in [-0.39, 0.29) is 17.7 Å². The molecule has 2 amide bonds. The van der Waals surface area contributed by atoms with Crippen molar-refractivity contribution < 1.29 is 19.1 Å². The van der Waals surface area contributed by atoms with Crippen molar-refractivity contribution in [3.63, 3.8) is 0 Å². The van der Waals surface area contributed by atoms with Crippen LogP contribution in [0.4, 0.5) is 4.79 Å². The highest BCUT2D eigenvalue weighted by molar-refractivity contribution is 9.10. The number of benzene rings is 3. The smallest absolute Gasteiger partial charge is 0.293 e. The Balaban J connectivity index is 1.54. The number of ether oxygens (including phenoxy) is 2. The van der Waals surface area contributed by atoms with Crippen molar-refractivity contribution in [2.75, 3.05) is 7.11 Å². The Morgan fingerprint density at radius 1 is 1.06 bits per heavy atom. The normalized spacial score (nSPS) is 14.7. The molecule has 1 aliphatic heterocycles. The molecule has 0 saturated carbocycles. The first kappa shape index (κ1) is 25.6. The summed E-state index contributed by atoms with van der Waals surface area (Å²) in [5.41, 5.74) is 3.53. The number of carbonyl (C=O) groups excluding carboxylic acids is 2. The first-order chi connectivity index (χ1) is 16.8. The Hall–Kier alpha value is -2.45. The Kier molecular flexibility index (Phi) is 8.12. The van der Waals surface area contributed by atoms with Crippen molar-refractivity contribution in [3.05, 3.63) is 96.3 Å². The van der Waals surface area contributed by atoms with E-state index in [9.17, 15) is 9.59 Å². The number of aryl methyl sites for hydroxylation is 1. The van der Waals surface area contributed by atoms with Crippen molar-refractivity contribution >= 4 is 68.1 Å². The minimum atomic E-state index is -0.388. The second kappa shape index (κ2) is 11.1. The zero-order chi connectivity index (χ0) is 25.1. The molecule has 0 N–H and O–H groups in total. The van der Waals surface area contributed by atoms with Gasteiger partial charge in [0.15, 0.2) is 11.5 Å². The maximum Gasteiger partial charge on any atom is 0.293 e. The molecule has 9 heteroatoms. The van der Waals surface area contributed by atoms with E-state index in [0.29, 0.717) is 48.7 Å². The van der Waals surface area contributed by atoms with Gasteiger partial charge in [-0.05, 0) is 87.2 Å². The standard InChI is InChI=1S/C26H20BrCl2NO4S/c1-15-5-3-4-6-18(15)14-34-24-20(27)9-16(10-22(24)33-2)11-23-25(31)30(26(32)35-23)13-17-7-8-19(28)12-21(17)29/h3-12H,13-14H2,1-2H3/b23-11-. The summed E-state index contributed by atoms with van der Waals surface area (Å²) in [7, 11) is 1.55. The third-order valence-electron chi connectivity index (χ3n) is 5.40. The fourth-order valence-electron chi connectivity index (χ4n) is 3.49. The second-order valence-corrected chi connectivity index (χ2v) is 10.4. The van der Waals surface area contributed by atoms with Crippen LogP contribution in [0, 0.1) is 6.92 Å². The third kappa shape index (κ3) is 5.86. The number of hydrogen-bond donors (Lipinski definition) is 0. The van der Waals surface area contributed by atoms with Crippen LogP contribution < -0.4 is 9.47 Å². The predicted octanol–water partition coefficient (Wildman–Crippen LogP) is 7.89. The fraction of sp³-hybridized carbons (Fsp3) is 0.154. The molecule has 0 atom stereocenters. The minimum absolute atomic E-state index is 0.0662. The van der Waals surface area contributed by atoms with Crippen molar-refractivity contribution in [3.8, 4) is 11.5 Å². The zero-order valence-electron chi connectivity index (χ0n) is 18.8. The van der Waals surface area contributed by atoms with Crippen LogP contribution in [0.15, 0.2) is 64.0 Å². The number of imide groups is 1. The molecule has 0 radical (unpaired) electrons. The summed E-state index contributed by atoms with van der Waals surface area (Å²) in [6.45, 7) is 2.48. The molecule has 180 valence electrons. The van der Waals surface area contributed by atoms with Gasteiger partial charge in [-0.25, -0.2) is 0 Å². The van der Waals surface area contributed by atoms with Gasteiger partial charge in [0.05, 0.1) is 23.0 Å². The molecule has 1 aliphatic rings. The van der Waals surface area contributed by atoms with Crippen molar-refractivity contribution in [2.45, 2.75) is 20.1 Å². The van der Waals surface area contributed by atoms with E-state index in [0.717, 1.165) is 27.8 Å². The van der Waals surface area contributed by atoms with Gasteiger partial charge in [0.2, 0.25) is 0 Å². The number of methoxy groups -OCH3 is 1. The van der Waals surface area contributed by atoms with Gasteiger partial charge in [0.25, 0.3) is 11.1 Å². The Bertz CT molecular complexity index is 1340. The summed E-state index contributed by atoms with van der Waals surface area (Å²) in [5, 5.41) is 0.519. The highest BCUT2D eigenvalue weighted by Gasteiger charge is 2.35. The maximum absolute atomic E-state index is 13.0. The van der Waals surface area contributed by atoms with Crippen LogP contribution in [0.2, 0.25) is 10.0 Å². The van der Waals surface area contributed by atoms with Gasteiger partial charge < -0.3 is 9.47 Å². The molecule has 0 bridgehead atoms. The van der Waals surface area contributed by atoms with Crippen LogP contribution in [-0.2, 0) is 17.9 Å². The first-order valence-electron chi connectivity index (χ1n) is 10.5. The van der Waals surface area contributed by atoms with E-state index in [2.05, 4.69) is 15.9 Å². The van der Waals surface area contributed by atoms with Crippen LogP contribution in [0.5, 0.6) is 11.5 Å². The average Bonchev–Trinajstić information content (AvgIpc) is 3.08. The average molecular weight is 593 g/mol. The van der Waals surface area contributed by atoms with E-state index < -0.39 is 0 Å². The summed E-state index contributed by atoms with van der Waals surface area (Å²) < 4.78 is 12.3. The molecular weight excluding hydrogens is 573 g/mol. The summed E-state index contributed by atoms with van der Waals surface area (Å²) in [6, 6.07) is 16.5. The Labute approximate surface area is 226 Å². The Morgan fingerprint density at radius 3 is 2.54 bits per heavy atom. The molecule has 1 saturated heterocycles. The highest BCUT2D eigenvalue weighted by Crippen LogP contribution is 2.40. The van der Waals surface area contributed by atoms with Crippen LogP contribution in [0.1, 0.15) is 22.3 Å². The number of carbonyl (C=O) groups is 2. The van der Waals surface area contributed by atoms with Crippen molar-refractivity contribution in [1.82, 2.24) is 4.90 Å². The number of hydrogen-bond acceptors (Lipinski definition) is 5. The van der Waals surface area contributed by atoms with E-state index >= 15 is 0 Å². The largest absolute Gasteiger partial charge is 0.493 e. The molecule has 3 aromatic rings. The fourth-order valence-corrected chi connectivity index (χ4v) is 5.37. The molecule has 5 nitrogen and oxygen atoms in total. The van der Waals surface area contributed by atoms with E-state index in [1.165, 1.54) is 0 Å². The number of nitrogens with zero attached hydrogens (tertiary/aromatic N) is 1. The Morgan fingerprint density at radius 2 is 1.83 bits per heavy atom. The summed E-state index contributed by atoms with van der Waals surface area (Å²) in [6.07, 6.45) is 1.66. The molecule has 1 fully saturated rings. The van der Waals surface area contributed by atoms with Gasteiger partial charge >= 0.3 is 0 Å².